The average Bonchev–Trinajstić information content (AvgIpc) is 3.15. The van der Waals surface area contributed by atoms with E-state index in [2.05, 4.69) is 39.0 Å². The van der Waals surface area contributed by atoms with Gasteiger partial charge in [0.25, 0.3) is 5.91 Å². The number of methoxy groups -OCH3 is 1. The van der Waals surface area contributed by atoms with E-state index in [0.29, 0.717) is 12.8 Å². The molecule has 2 aromatic rings. The maximum absolute atomic E-state index is 12.8. The van der Waals surface area contributed by atoms with E-state index in [4.69, 9.17) is 4.74 Å². The summed E-state index contributed by atoms with van der Waals surface area (Å²) >= 11 is 1.61. The maximum atomic E-state index is 12.8. The Labute approximate surface area is 158 Å². The zero-order chi connectivity index (χ0) is 18.4. The van der Waals surface area contributed by atoms with Crippen LogP contribution in [0.25, 0.3) is 0 Å². The second kappa shape index (κ2) is 8.73. The summed E-state index contributed by atoms with van der Waals surface area (Å²) < 4.78 is 5.60. The van der Waals surface area contributed by atoms with Crippen LogP contribution in [0, 0.1) is 0 Å². The number of carbonyl (C=O) groups excluding carboxylic acids is 1. The van der Waals surface area contributed by atoms with Crippen molar-refractivity contribution in [1.29, 1.82) is 0 Å². The van der Waals surface area contributed by atoms with Crippen molar-refractivity contribution in [1.82, 2.24) is 15.2 Å². The van der Waals surface area contributed by atoms with Crippen LogP contribution in [0.2, 0.25) is 0 Å². The number of anilines is 1. The van der Waals surface area contributed by atoms with Crippen LogP contribution in [0.5, 0.6) is 0 Å². The molecule has 1 aromatic heterocycles. The Bertz CT molecular complexity index is 714. The van der Waals surface area contributed by atoms with Gasteiger partial charge in [-0.2, -0.15) is 0 Å². The standard InChI is InChI=1S/C19H26N4O2S/c1-23(12-17-13-26-14-21-17)11-15-4-3-5-16(10-15)22-18(24)19(25-2)6-8-20-9-7-19/h3-5,10,13-14,20H,6-9,11-12H2,1-2H3,(H,22,24). The van der Waals surface area contributed by atoms with E-state index in [1.165, 1.54) is 0 Å². The summed E-state index contributed by atoms with van der Waals surface area (Å²) in [6.07, 6.45) is 1.37. The van der Waals surface area contributed by atoms with Gasteiger partial charge in [-0.15, -0.1) is 11.3 Å². The summed E-state index contributed by atoms with van der Waals surface area (Å²) in [7, 11) is 3.69. The molecule has 7 heteroatoms. The molecule has 0 bridgehead atoms. The molecule has 140 valence electrons. The molecular weight excluding hydrogens is 348 g/mol. The Morgan fingerprint density at radius 2 is 2.19 bits per heavy atom. The van der Waals surface area contributed by atoms with Gasteiger partial charge in [0, 0.05) is 31.3 Å². The lowest BCUT2D eigenvalue weighted by molar-refractivity contribution is -0.140. The molecule has 0 unspecified atom stereocenters. The number of piperidine rings is 1. The van der Waals surface area contributed by atoms with Crippen LogP contribution >= 0.6 is 11.3 Å². The molecular formula is C19H26N4O2S. The Balaban J connectivity index is 1.62. The van der Waals surface area contributed by atoms with Crippen molar-refractivity contribution in [2.24, 2.45) is 0 Å². The molecule has 2 N–H and O–H groups in total. The lowest BCUT2D eigenvalue weighted by Crippen LogP contribution is -2.51. The lowest BCUT2D eigenvalue weighted by atomic mass is 9.91. The van der Waals surface area contributed by atoms with Crippen LogP contribution in [0.1, 0.15) is 24.1 Å². The topological polar surface area (TPSA) is 66.5 Å². The van der Waals surface area contributed by atoms with Gasteiger partial charge >= 0.3 is 0 Å². The second-order valence-electron chi connectivity index (χ2n) is 6.75. The monoisotopic (exact) mass is 374 g/mol. The number of amides is 1. The third-order valence-electron chi connectivity index (χ3n) is 4.77. The predicted molar refractivity (Wildman–Crippen MR) is 104 cm³/mol. The average molecular weight is 375 g/mol. The number of hydrogen-bond acceptors (Lipinski definition) is 6. The molecule has 0 spiro atoms. The summed E-state index contributed by atoms with van der Waals surface area (Å²) in [4.78, 5) is 19.3. The van der Waals surface area contributed by atoms with E-state index in [0.717, 1.165) is 43.1 Å². The van der Waals surface area contributed by atoms with Crippen molar-refractivity contribution in [2.45, 2.75) is 31.5 Å². The highest BCUT2D eigenvalue weighted by Crippen LogP contribution is 2.25. The first-order chi connectivity index (χ1) is 12.6. The highest BCUT2D eigenvalue weighted by molar-refractivity contribution is 7.07. The fourth-order valence-corrected chi connectivity index (χ4v) is 3.86. The third-order valence-corrected chi connectivity index (χ3v) is 5.40. The van der Waals surface area contributed by atoms with E-state index in [1.807, 2.05) is 23.7 Å². The smallest absolute Gasteiger partial charge is 0.256 e. The summed E-state index contributed by atoms with van der Waals surface area (Å²) in [6, 6.07) is 8.00. The SMILES string of the molecule is COC1(C(=O)Nc2cccc(CN(C)Cc3cscn3)c2)CCNCC1. The molecule has 1 fully saturated rings. The molecule has 0 saturated carbocycles. The number of nitrogens with zero attached hydrogens (tertiary/aromatic N) is 2. The molecule has 0 radical (unpaired) electrons. The van der Waals surface area contributed by atoms with Crippen LogP contribution in [0.4, 0.5) is 5.69 Å². The number of hydrogen-bond donors (Lipinski definition) is 2. The Hall–Kier alpha value is -1.80. The fraction of sp³-hybridized carbons (Fsp3) is 0.474. The summed E-state index contributed by atoms with van der Waals surface area (Å²) in [5.74, 6) is -0.0607. The quantitative estimate of drug-likeness (QED) is 0.779. The molecule has 26 heavy (non-hydrogen) atoms. The number of aromatic nitrogens is 1. The molecule has 6 nitrogen and oxygen atoms in total. The molecule has 0 aliphatic carbocycles. The first kappa shape index (κ1) is 19.0. The van der Waals surface area contributed by atoms with Crippen LogP contribution in [-0.2, 0) is 22.6 Å². The van der Waals surface area contributed by atoms with Gasteiger partial charge in [0.05, 0.1) is 11.2 Å². The van der Waals surface area contributed by atoms with Gasteiger partial charge in [0.15, 0.2) is 0 Å². The summed E-state index contributed by atoms with van der Waals surface area (Å²) in [5, 5.41) is 8.38. The predicted octanol–water partition coefficient (Wildman–Crippen LogP) is 2.48. The van der Waals surface area contributed by atoms with Gasteiger partial charge in [-0.3, -0.25) is 9.69 Å². The number of rotatable bonds is 7. The van der Waals surface area contributed by atoms with Crippen LogP contribution in [0.15, 0.2) is 35.2 Å². The lowest BCUT2D eigenvalue weighted by Gasteiger charge is -2.34. The zero-order valence-electron chi connectivity index (χ0n) is 15.3. The van der Waals surface area contributed by atoms with Gasteiger partial charge in [-0.1, -0.05) is 12.1 Å². The fourth-order valence-electron chi connectivity index (χ4n) is 3.31. The minimum absolute atomic E-state index is 0.0607. The zero-order valence-corrected chi connectivity index (χ0v) is 16.1. The minimum atomic E-state index is -0.733. The van der Waals surface area contributed by atoms with Crippen molar-refractivity contribution >= 4 is 22.9 Å². The van der Waals surface area contributed by atoms with Crippen molar-refractivity contribution in [2.75, 3.05) is 32.6 Å². The first-order valence-corrected chi connectivity index (χ1v) is 9.77. The molecule has 1 amide bonds. The van der Waals surface area contributed by atoms with Crippen molar-refractivity contribution < 1.29 is 9.53 Å². The van der Waals surface area contributed by atoms with Gasteiger partial charge in [-0.05, 0) is 50.7 Å². The van der Waals surface area contributed by atoms with E-state index >= 15 is 0 Å². The minimum Gasteiger partial charge on any atom is -0.368 e. The molecule has 1 saturated heterocycles. The highest BCUT2D eigenvalue weighted by Gasteiger charge is 2.39. The molecule has 1 aliphatic rings. The number of nitrogens with one attached hydrogen (secondary N) is 2. The summed E-state index contributed by atoms with van der Waals surface area (Å²) in [5.41, 5.74) is 4.16. The van der Waals surface area contributed by atoms with Crippen molar-refractivity contribution in [3.8, 4) is 0 Å². The molecule has 0 atom stereocenters. The van der Waals surface area contributed by atoms with E-state index in [1.54, 1.807) is 18.4 Å². The number of carbonyl (C=O) groups is 1. The molecule has 1 aromatic carbocycles. The Morgan fingerprint density at radius 3 is 2.88 bits per heavy atom. The van der Waals surface area contributed by atoms with Gasteiger partial charge in [0.1, 0.15) is 5.60 Å². The normalized spacial score (nSPS) is 16.6. The third kappa shape index (κ3) is 4.67. The molecule has 3 rings (SSSR count). The van der Waals surface area contributed by atoms with Gasteiger partial charge in [-0.25, -0.2) is 4.98 Å². The highest BCUT2D eigenvalue weighted by atomic mass is 32.1. The van der Waals surface area contributed by atoms with E-state index < -0.39 is 5.60 Å². The second-order valence-corrected chi connectivity index (χ2v) is 7.47. The first-order valence-electron chi connectivity index (χ1n) is 8.83. The number of benzene rings is 1. The number of thiazole rings is 1. The van der Waals surface area contributed by atoms with Crippen molar-refractivity contribution in [3.05, 3.63) is 46.4 Å². The molecule has 1 aliphatic heterocycles. The van der Waals surface area contributed by atoms with E-state index in [-0.39, 0.29) is 5.91 Å². The van der Waals surface area contributed by atoms with Crippen molar-refractivity contribution in [3.63, 3.8) is 0 Å². The number of ether oxygens (including phenoxy) is 1. The Kier molecular flexibility index (Phi) is 6.37. The maximum Gasteiger partial charge on any atom is 0.256 e. The summed E-state index contributed by atoms with van der Waals surface area (Å²) in [6.45, 7) is 3.19. The van der Waals surface area contributed by atoms with Crippen LogP contribution in [-0.4, -0.2) is 48.6 Å². The largest absolute Gasteiger partial charge is 0.368 e. The Morgan fingerprint density at radius 1 is 1.38 bits per heavy atom. The van der Waals surface area contributed by atoms with Gasteiger partial charge < -0.3 is 15.4 Å². The van der Waals surface area contributed by atoms with Crippen LogP contribution < -0.4 is 10.6 Å². The van der Waals surface area contributed by atoms with Gasteiger partial charge in [0.2, 0.25) is 0 Å². The molecule has 2 heterocycles. The van der Waals surface area contributed by atoms with E-state index in [9.17, 15) is 4.79 Å². The van der Waals surface area contributed by atoms with Crippen LogP contribution in [0.3, 0.4) is 0 Å².